The van der Waals surface area contributed by atoms with Crippen molar-refractivity contribution in [3.05, 3.63) is 75.6 Å². The Morgan fingerprint density at radius 2 is 2.04 bits per heavy atom. The topological polar surface area (TPSA) is 58.7 Å². The van der Waals surface area contributed by atoms with Crippen LogP contribution in [-0.2, 0) is 4.79 Å². The fourth-order valence-corrected chi connectivity index (χ4v) is 3.81. The second-order valence-corrected chi connectivity index (χ2v) is 7.73. The molecule has 0 aliphatic carbocycles. The van der Waals surface area contributed by atoms with E-state index in [4.69, 9.17) is 27.6 Å². The van der Waals surface area contributed by atoms with Gasteiger partial charge in [-0.25, -0.2) is 4.99 Å². The molecule has 1 amide bonds. The maximum absolute atomic E-state index is 12.5. The number of rotatable bonds is 3. The molecule has 1 aliphatic rings. The lowest BCUT2D eigenvalue weighted by Gasteiger charge is -2.06. The van der Waals surface area contributed by atoms with Crippen molar-refractivity contribution >= 4 is 57.8 Å². The first-order valence-electron chi connectivity index (χ1n) is 8.23. The van der Waals surface area contributed by atoms with E-state index in [2.05, 4.69) is 9.98 Å². The Hall–Kier alpha value is -2.54. The molecule has 1 aromatic carbocycles. The first-order chi connectivity index (χ1) is 13.5. The molecule has 28 heavy (non-hydrogen) atoms. The average Bonchev–Trinajstić information content (AvgIpc) is 3.26. The highest BCUT2D eigenvalue weighted by molar-refractivity contribution is 8.18. The first-order valence-corrected chi connectivity index (χ1v) is 9.80. The summed E-state index contributed by atoms with van der Waals surface area (Å²) in [5.41, 5.74) is 1.49. The predicted molar refractivity (Wildman–Crippen MR) is 114 cm³/mol. The third-order valence-corrected chi connectivity index (χ3v) is 5.78. The lowest BCUT2D eigenvalue weighted by Crippen LogP contribution is -2.23. The highest BCUT2D eigenvalue weighted by Crippen LogP contribution is 2.34. The largest absolute Gasteiger partial charge is 0.457 e. The second kappa shape index (κ2) is 7.83. The predicted octanol–water partition coefficient (Wildman–Crippen LogP) is 5.88. The molecule has 3 aromatic rings. The Kier molecular flexibility index (Phi) is 5.26. The Morgan fingerprint density at radius 1 is 1.18 bits per heavy atom. The smallest absolute Gasteiger partial charge is 0.266 e. The molecule has 3 heterocycles. The van der Waals surface area contributed by atoms with E-state index < -0.39 is 0 Å². The van der Waals surface area contributed by atoms with Crippen molar-refractivity contribution in [2.75, 3.05) is 7.05 Å². The molecule has 0 unspecified atom stereocenters. The molecule has 1 fully saturated rings. The minimum absolute atomic E-state index is 0.139. The summed E-state index contributed by atoms with van der Waals surface area (Å²) in [6.45, 7) is 0. The highest BCUT2D eigenvalue weighted by atomic mass is 35.5. The maximum atomic E-state index is 12.5. The van der Waals surface area contributed by atoms with Gasteiger partial charge in [0.25, 0.3) is 5.91 Å². The van der Waals surface area contributed by atoms with Crippen molar-refractivity contribution in [1.29, 1.82) is 0 Å². The van der Waals surface area contributed by atoms with Crippen molar-refractivity contribution < 1.29 is 9.21 Å². The van der Waals surface area contributed by atoms with E-state index in [-0.39, 0.29) is 5.91 Å². The summed E-state index contributed by atoms with van der Waals surface area (Å²) in [7, 11) is 1.69. The number of amides is 1. The van der Waals surface area contributed by atoms with Crippen LogP contribution in [0.15, 0.2) is 69.2 Å². The molecule has 5 nitrogen and oxygen atoms in total. The normalized spacial score (nSPS) is 17.1. The quantitative estimate of drug-likeness (QED) is 0.487. The number of nitrogens with zero attached hydrogens (tertiary/aromatic N) is 3. The van der Waals surface area contributed by atoms with E-state index in [1.165, 1.54) is 16.7 Å². The summed E-state index contributed by atoms with van der Waals surface area (Å²) >= 11 is 13.3. The summed E-state index contributed by atoms with van der Waals surface area (Å²) in [6, 6.07) is 12.5. The molecule has 0 saturated carbocycles. The Bertz CT molecular complexity index is 1110. The number of hydrogen-bond acceptors (Lipinski definition) is 5. The van der Waals surface area contributed by atoms with Gasteiger partial charge in [-0.3, -0.25) is 14.7 Å². The monoisotopic (exact) mass is 429 g/mol. The minimum Gasteiger partial charge on any atom is -0.457 e. The number of hydrogen-bond donors (Lipinski definition) is 0. The molecule has 1 aliphatic heterocycles. The molecule has 140 valence electrons. The molecule has 0 radical (unpaired) electrons. The Labute approximate surface area is 175 Å². The summed E-state index contributed by atoms with van der Waals surface area (Å²) < 4.78 is 5.85. The average molecular weight is 430 g/mol. The number of likely N-dealkylation sites (N-methyl/N-ethyl adjacent to an activating group) is 1. The molecule has 4 rings (SSSR count). The van der Waals surface area contributed by atoms with Gasteiger partial charge in [0.15, 0.2) is 5.17 Å². The standard InChI is InChI=1S/C20H13Cl2N3O2S/c1-25-19(26)18(28-20(25)24-13-3-2-8-23-11-13)10-14-5-7-17(27-14)12-4-6-15(21)16(22)9-12/h2-11H,1H3/b18-10+,24-20?. The highest BCUT2D eigenvalue weighted by Gasteiger charge is 2.30. The number of carbonyl (C=O) groups excluding carboxylic acids is 1. The van der Waals surface area contributed by atoms with Gasteiger partial charge in [-0.15, -0.1) is 0 Å². The number of aromatic nitrogens is 1. The van der Waals surface area contributed by atoms with Crippen LogP contribution in [0.2, 0.25) is 10.0 Å². The molecule has 1 saturated heterocycles. The van der Waals surface area contributed by atoms with Crippen LogP contribution in [0.4, 0.5) is 5.69 Å². The van der Waals surface area contributed by atoms with Gasteiger partial charge in [0.2, 0.25) is 0 Å². The number of halogens is 2. The van der Waals surface area contributed by atoms with Crippen LogP contribution in [0.3, 0.4) is 0 Å². The van der Waals surface area contributed by atoms with Gasteiger partial charge < -0.3 is 4.42 Å². The first kappa shape index (κ1) is 18.8. The number of furan rings is 1. The van der Waals surface area contributed by atoms with Gasteiger partial charge in [-0.1, -0.05) is 23.2 Å². The van der Waals surface area contributed by atoms with E-state index in [1.807, 2.05) is 18.2 Å². The van der Waals surface area contributed by atoms with Gasteiger partial charge in [0, 0.05) is 24.9 Å². The molecule has 8 heteroatoms. The number of thioether (sulfide) groups is 1. The van der Waals surface area contributed by atoms with Crippen LogP contribution >= 0.6 is 35.0 Å². The van der Waals surface area contributed by atoms with Gasteiger partial charge in [-0.05, 0) is 54.2 Å². The van der Waals surface area contributed by atoms with Gasteiger partial charge in [-0.2, -0.15) is 0 Å². The Morgan fingerprint density at radius 3 is 2.79 bits per heavy atom. The molecule has 0 atom stereocenters. The van der Waals surface area contributed by atoms with Crippen LogP contribution in [0.25, 0.3) is 17.4 Å². The van der Waals surface area contributed by atoms with Crippen LogP contribution < -0.4 is 0 Å². The van der Waals surface area contributed by atoms with Crippen molar-refractivity contribution in [3.63, 3.8) is 0 Å². The zero-order chi connectivity index (χ0) is 19.7. The van der Waals surface area contributed by atoms with Crippen molar-refractivity contribution in [1.82, 2.24) is 9.88 Å². The number of aliphatic imine (C=N–C) groups is 1. The van der Waals surface area contributed by atoms with E-state index in [0.717, 1.165) is 5.56 Å². The van der Waals surface area contributed by atoms with Gasteiger partial charge in [0.1, 0.15) is 11.5 Å². The summed E-state index contributed by atoms with van der Waals surface area (Å²) in [4.78, 5) is 23.1. The lowest BCUT2D eigenvalue weighted by molar-refractivity contribution is -0.121. The van der Waals surface area contributed by atoms with Crippen LogP contribution in [0.1, 0.15) is 5.76 Å². The maximum Gasteiger partial charge on any atom is 0.266 e. The van der Waals surface area contributed by atoms with Crippen LogP contribution in [-0.4, -0.2) is 28.0 Å². The minimum atomic E-state index is -0.139. The molecular weight excluding hydrogens is 417 g/mol. The molecule has 0 bridgehead atoms. The van der Waals surface area contributed by atoms with Gasteiger partial charge >= 0.3 is 0 Å². The van der Waals surface area contributed by atoms with E-state index >= 15 is 0 Å². The van der Waals surface area contributed by atoms with E-state index in [0.29, 0.717) is 37.3 Å². The number of pyridine rings is 1. The third kappa shape index (κ3) is 3.85. The third-order valence-electron chi connectivity index (χ3n) is 3.98. The van der Waals surface area contributed by atoms with E-state index in [9.17, 15) is 4.79 Å². The van der Waals surface area contributed by atoms with Crippen molar-refractivity contribution in [2.24, 2.45) is 4.99 Å². The zero-order valence-electron chi connectivity index (χ0n) is 14.6. The SMILES string of the molecule is CN1C(=O)/C(=C\c2ccc(-c3ccc(Cl)c(Cl)c3)o2)SC1=Nc1cccnc1. The molecule has 0 spiro atoms. The van der Waals surface area contributed by atoms with E-state index in [1.54, 1.807) is 49.8 Å². The zero-order valence-corrected chi connectivity index (χ0v) is 16.9. The number of benzene rings is 1. The van der Waals surface area contributed by atoms with Crippen molar-refractivity contribution in [3.8, 4) is 11.3 Å². The van der Waals surface area contributed by atoms with Crippen LogP contribution in [0, 0.1) is 0 Å². The fourth-order valence-electron chi connectivity index (χ4n) is 2.55. The molecule has 2 aromatic heterocycles. The number of amidine groups is 1. The lowest BCUT2D eigenvalue weighted by atomic mass is 10.2. The fraction of sp³-hybridized carbons (Fsp3) is 0.0500. The summed E-state index contributed by atoms with van der Waals surface area (Å²) in [5, 5.41) is 1.52. The van der Waals surface area contributed by atoms with Gasteiger partial charge in [0.05, 0.1) is 26.8 Å². The second-order valence-electron chi connectivity index (χ2n) is 5.91. The molecular formula is C20H13Cl2N3O2S. The summed E-state index contributed by atoms with van der Waals surface area (Å²) in [5.74, 6) is 1.06. The van der Waals surface area contributed by atoms with Crippen molar-refractivity contribution in [2.45, 2.75) is 0 Å². The molecule has 0 N–H and O–H groups in total. The Balaban J connectivity index is 1.59. The summed E-state index contributed by atoms with van der Waals surface area (Å²) in [6.07, 6.45) is 5.02. The number of carbonyl (C=O) groups is 1. The van der Waals surface area contributed by atoms with Crippen LogP contribution in [0.5, 0.6) is 0 Å².